The molecule has 1 saturated heterocycles. The highest BCUT2D eigenvalue weighted by Crippen LogP contribution is 2.27. The molecule has 3 N–H and O–H groups in total. The van der Waals surface area contributed by atoms with Gasteiger partial charge in [-0.2, -0.15) is 0 Å². The van der Waals surface area contributed by atoms with Crippen molar-refractivity contribution < 1.29 is 9.18 Å². The third-order valence-corrected chi connectivity index (χ3v) is 6.52. The maximum atomic E-state index is 13.6. The first-order valence-corrected chi connectivity index (χ1v) is 11.7. The largest absolute Gasteiger partial charge is 0.361 e. The van der Waals surface area contributed by atoms with Crippen molar-refractivity contribution >= 4 is 22.8 Å². The van der Waals surface area contributed by atoms with Gasteiger partial charge in [-0.15, -0.1) is 0 Å². The lowest BCUT2D eigenvalue weighted by Crippen LogP contribution is -2.45. The molecule has 0 spiro atoms. The van der Waals surface area contributed by atoms with Gasteiger partial charge in [-0.3, -0.25) is 9.79 Å². The Morgan fingerprint density at radius 1 is 1.26 bits per heavy atom. The van der Waals surface area contributed by atoms with Crippen LogP contribution in [0.2, 0.25) is 0 Å². The van der Waals surface area contributed by atoms with Gasteiger partial charge in [-0.25, -0.2) is 4.39 Å². The average molecular weight is 428 g/mol. The summed E-state index contributed by atoms with van der Waals surface area (Å²) >= 11 is 0. The van der Waals surface area contributed by atoms with Crippen molar-refractivity contribution in [1.29, 1.82) is 0 Å². The molecule has 1 aliphatic heterocycles. The molecule has 1 unspecified atom stereocenters. The van der Waals surface area contributed by atoms with Gasteiger partial charge in [-0.1, -0.05) is 19.3 Å². The highest BCUT2D eigenvalue weighted by atomic mass is 19.1. The standard InChI is InChI=1S/C24H34FN5O/c1-2-26-24(27-12-10-18-15-28-22-9-8-19(25)14-21(18)22)29-20-11-13-30(16-20)23(31)17-6-4-3-5-7-17/h8-9,14-15,17,20,28H,2-7,10-13,16H2,1H3,(H2,26,27,29). The van der Waals surface area contributed by atoms with Gasteiger partial charge in [0.05, 0.1) is 0 Å². The molecule has 2 heterocycles. The van der Waals surface area contributed by atoms with Gasteiger partial charge in [0.1, 0.15) is 5.82 Å². The highest BCUT2D eigenvalue weighted by Gasteiger charge is 2.31. The van der Waals surface area contributed by atoms with E-state index in [4.69, 9.17) is 4.99 Å². The van der Waals surface area contributed by atoms with Gasteiger partial charge in [0.15, 0.2) is 5.96 Å². The summed E-state index contributed by atoms with van der Waals surface area (Å²) in [4.78, 5) is 22.8. The van der Waals surface area contributed by atoms with Crippen LogP contribution in [0.5, 0.6) is 0 Å². The summed E-state index contributed by atoms with van der Waals surface area (Å²) in [7, 11) is 0. The zero-order valence-corrected chi connectivity index (χ0v) is 18.4. The second kappa shape index (κ2) is 10.2. The number of guanidine groups is 1. The Bertz CT molecular complexity index is 918. The Kier molecular flexibility index (Phi) is 7.10. The molecule has 1 atom stereocenters. The summed E-state index contributed by atoms with van der Waals surface area (Å²) in [6.07, 6.45) is 9.36. The predicted molar refractivity (Wildman–Crippen MR) is 123 cm³/mol. The molecule has 4 rings (SSSR count). The predicted octanol–water partition coefficient (Wildman–Crippen LogP) is 3.59. The van der Waals surface area contributed by atoms with Crippen LogP contribution in [-0.4, -0.2) is 54.0 Å². The molecule has 1 aromatic heterocycles. The second-order valence-electron chi connectivity index (χ2n) is 8.76. The lowest BCUT2D eigenvalue weighted by atomic mass is 9.88. The van der Waals surface area contributed by atoms with E-state index in [9.17, 15) is 9.18 Å². The van der Waals surface area contributed by atoms with Gasteiger partial charge in [0.2, 0.25) is 5.91 Å². The number of nitrogens with one attached hydrogen (secondary N) is 3. The Hall–Kier alpha value is -2.57. The minimum absolute atomic E-state index is 0.222. The molecular weight excluding hydrogens is 393 g/mol. The van der Waals surface area contributed by atoms with Crippen LogP contribution in [0.25, 0.3) is 10.9 Å². The number of carbonyl (C=O) groups is 1. The molecular formula is C24H34FN5O. The smallest absolute Gasteiger partial charge is 0.225 e. The Morgan fingerprint density at radius 3 is 2.90 bits per heavy atom. The number of benzene rings is 1. The zero-order valence-electron chi connectivity index (χ0n) is 18.4. The fourth-order valence-corrected chi connectivity index (χ4v) is 4.84. The molecule has 1 saturated carbocycles. The number of hydrogen-bond acceptors (Lipinski definition) is 2. The number of fused-ring (bicyclic) bond motifs is 1. The highest BCUT2D eigenvalue weighted by molar-refractivity contribution is 5.83. The van der Waals surface area contributed by atoms with E-state index < -0.39 is 0 Å². The molecule has 2 aromatic rings. The summed E-state index contributed by atoms with van der Waals surface area (Å²) in [5.41, 5.74) is 2.01. The molecule has 6 nitrogen and oxygen atoms in total. The van der Waals surface area contributed by atoms with E-state index in [1.807, 2.05) is 18.0 Å². The minimum atomic E-state index is -0.222. The maximum Gasteiger partial charge on any atom is 0.225 e. The number of nitrogens with zero attached hydrogens (tertiary/aromatic N) is 2. The van der Waals surface area contributed by atoms with Crippen LogP contribution in [0.4, 0.5) is 4.39 Å². The number of likely N-dealkylation sites (tertiary alicyclic amines) is 1. The third kappa shape index (κ3) is 5.38. The molecule has 1 aliphatic carbocycles. The van der Waals surface area contributed by atoms with E-state index in [0.717, 1.165) is 67.7 Å². The lowest BCUT2D eigenvalue weighted by molar-refractivity contribution is -0.135. The fraction of sp³-hybridized carbons (Fsp3) is 0.583. The van der Waals surface area contributed by atoms with Crippen LogP contribution in [0, 0.1) is 11.7 Å². The first-order valence-electron chi connectivity index (χ1n) is 11.7. The molecule has 7 heteroatoms. The van der Waals surface area contributed by atoms with Gasteiger partial charge in [-0.05, 0) is 56.4 Å². The van der Waals surface area contributed by atoms with Crippen molar-refractivity contribution in [3.8, 4) is 0 Å². The van der Waals surface area contributed by atoms with Crippen molar-refractivity contribution in [2.24, 2.45) is 10.9 Å². The number of carbonyl (C=O) groups excluding carboxylic acids is 1. The van der Waals surface area contributed by atoms with E-state index in [1.165, 1.54) is 25.3 Å². The normalized spacial score (nSPS) is 20.4. The van der Waals surface area contributed by atoms with E-state index in [1.54, 1.807) is 12.1 Å². The molecule has 1 amide bonds. The van der Waals surface area contributed by atoms with Crippen LogP contribution in [-0.2, 0) is 11.2 Å². The Balaban J connectivity index is 1.31. The molecule has 168 valence electrons. The van der Waals surface area contributed by atoms with E-state index >= 15 is 0 Å². The summed E-state index contributed by atoms with van der Waals surface area (Å²) < 4.78 is 13.6. The first kappa shape index (κ1) is 21.7. The number of amides is 1. The molecule has 1 aromatic carbocycles. The topological polar surface area (TPSA) is 72.5 Å². The van der Waals surface area contributed by atoms with E-state index in [0.29, 0.717) is 12.5 Å². The van der Waals surface area contributed by atoms with Crippen LogP contribution < -0.4 is 10.6 Å². The van der Waals surface area contributed by atoms with Crippen LogP contribution in [0.1, 0.15) is 51.0 Å². The monoisotopic (exact) mass is 427 g/mol. The summed E-state index contributed by atoms with van der Waals surface area (Å²) in [6.45, 7) is 5.01. The number of aliphatic imine (C=N–C) groups is 1. The van der Waals surface area contributed by atoms with Crippen LogP contribution in [0.15, 0.2) is 29.4 Å². The Labute approximate surface area is 183 Å². The number of aromatic nitrogens is 1. The van der Waals surface area contributed by atoms with Crippen molar-refractivity contribution in [2.45, 2.75) is 57.9 Å². The Morgan fingerprint density at radius 2 is 2.10 bits per heavy atom. The first-order chi connectivity index (χ1) is 15.1. The summed E-state index contributed by atoms with van der Waals surface area (Å²) in [6, 6.07) is 5.04. The minimum Gasteiger partial charge on any atom is -0.361 e. The average Bonchev–Trinajstić information content (AvgIpc) is 3.41. The number of hydrogen-bond donors (Lipinski definition) is 3. The van der Waals surface area contributed by atoms with E-state index in [2.05, 4.69) is 15.6 Å². The van der Waals surface area contributed by atoms with Crippen molar-refractivity contribution in [3.05, 3.63) is 35.8 Å². The number of aromatic amines is 1. The van der Waals surface area contributed by atoms with Crippen LogP contribution >= 0.6 is 0 Å². The van der Waals surface area contributed by atoms with Gasteiger partial charge >= 0.3 is 0 Å². The number of halogens is 1. The number of H-pyrrole nitrogens is 1. The summed E-state index contributed by atoms with van der Waals surface area (Å²) in [5.74, 6) is 1.14. The molecule has 2 fully saturated rings. The van der Waals surface area contributed by atoms with Gasteiger partial charge in [0, 0.05) is 55.2 Å². The van der Waals surface area contributed by atoms with Gasteiger partial charge in [0.25, 0.3) is 0 Å². The fourth-order valence-electron chi connectivity index (χ4n) is 4.84. The SMILES string of the molecule is CCNC(=NCCc1c[nH]c2ccc(F)cc12)NC1CCN(C(=O)C2CCCCC2)C1. The molecule has 31 heavy (non-hydrogen) atoms. The van der Waals surface area contributed by atoms with Crippen molar-refractivity contribution in [2.75, 3.05) is 26.2 Å². The molecule has 2 aliphatic rings. The number of rotatable bonds is 6. The molecule has 0 bridgehead atoms. The maximum absolute atomic E-state index is 13.6. The van der Waals surface area contributed by atoms with Crippen molar-refractivity contribution in [3.63, 3.8) is 0 Å². The quantitative estimate of drug-likeness (QED) is 0.487. The zero-order chi connectivity index (χ0) is 21.6. The van der Waals surface area contributed by atoms with E-state index in [-0.39, 0.29) is 17.8 Å². The lowest BCUT2D eigenvalue weighted by Gasteiger charge is -2.26. The summed E-state index contributed by atoms with van der Waals surface area (Å²) in [5, 5.41) is 7.74. The van der Waals surface area contributed by atoms with Crippen LogP contribution in [0.3, 0.4) is 0 Å². The second-order valence-corrected chi connectivity index (χ2v) is 8.76. The van der Waals surface area contributed by atoms with Gasteiger partial charge < -0.3 is 20.5 Å². The third-order valence-electron chi connectivity index (χ3n) is 6.52. The molecule has 0 radical (unpaired) electrons. The van der Waals surface area contributed by atoms with Crippen molar-refractivity contribution in [1.82, 2.24) is 20.5 Å².